The number of thiazole rings is 1. The summed E-state index contributed by atoms with van der Waals surface area (Å²) in [7, 11) is 0. The average molecular weight is 303 g/mol. The minimum absolute atomic E-state index is 0.0334. The molecule has 0 aliphatic heterocycles. The second-order valence-electron chi connectivity index (χ2n) is 5.98. The lowest BCUT2D eigenvalue weighted by atomic mass is 9.98. The highest BCUT2D eigenvalue weighted by Gasteiger charge is 2.18. The van der Waals surface area contributed by atoms with Gasteiger partial charge in [0.05, 0.1) is 23.2 Å². The fraction of sp³-hybridized carbons (Fsp3) is 0.375. The summed E-state index contributed by atoms with van der Waals surface area (Å²) in [5.41, 5.74) is 1.53. The molecule has 1 aromatic carbocycles. The van der Waals surface area contributed by atoms with Crippen LogP contribution in [0.4, 0.5) is 10.1 Å². The summed E-state index contributed by atoms with van der Waals surface area (Å²) in [6.45, 7) is 8.64. The number of nitrogens with zero attached hydrogens (tertiary/aromatic N) is 2. The third-order valence-corrected chi connectivity index (χ3v) is 4.54. The summed E-state index contributed by atoms with van der Waals surface area (Å²) < 4.78 is 13.7. The number of benzene rings is 1. The molecule has 0 radical (unpaired) electrons. The summed E-state index contributed by atoms with van der Waals surface area (Å²) in [5.74, 6) is -0.365. The van der Waals surface area contributed by atoms with Crippen LogP contribution in [0.25, 0.3) is 0 Å². The Morgan fingerprint density at radius 1 is 1.38 bits per heavy atom. The zero-order chi connectivity index (χ0) is 15.6. The van der Waals surface area contributed by atoms with E-state index in [1.54, 1.807) is 24.3 Å². The minimum atomic E-state index is -0.365. The molecule has 0 spiro atoms. The van der Waals surface area contributed by atoms with E-state index < -0.39 is 0 Å². The molecule has 1 aromatic heterocycles. The molecule has 1 heterocycles. The van der Waals surface area contributed by atoms with E-state index in [2.05, 4.69) is 31.1 Å². The SMILES string of the molecule is Cc1c(F)cc(C#N)cc1NCc1cnc(C(C)(C)C)s1. The van der Waals surface area contributed by atoms with Crippen LogP contribution < -0.4 is 5.32 Å². The molecule has 0 unspecified atom stereocenters. The van der Waals surface area contributed by atoms with Gasteiger partial charge in [-0.25, -0.2) is 9.37 Å². The normalized spacial score (nSPS) is 11.2. The van der Waals surface area contributed by atoms with Crippen LogP contribution in [-0.4, -0.2) is 4.98 Å². The predicted octanol–water partition coefficient (Wildman–Crippen LogP) is 4.37. The van der Waals surface area contributed by atoms with Crippen molar-refractivity contribution in [2.24, 2.45) is 0 Å². The van der Waals surface area contributed by atoms with Crippen LogP contribution in [0.1, 0.15) is 41.8 Å². The van der Waals surface area contributed by atoms with Crippen molar-refractivity contribution in [2.75, 3.05) is 5.32 Å². The van der Waals surface area contributed by atoms with E-state index >= 15 is 0 Å². The minimum Gasteiger partial charge on any atom is -0.380 e. The van der Waals surface area contributed by atoms with E-state index in [1.165, 1.54) is 6.07 Å². The first-order chi connectivity index (χ1) is 9.81. The van der Waals surface area contributed by atoms with Crippen molar-refractivity contribution in [3.63, 3.8) is 0 Å². The van der Waals surface area contributed by atoms with Crippen LogP contribution in [0.5, 0.6) is 0 Å². The third-order valence-electron chi connectivity index (χ3n) is 3.12. The quantitative estimate of drug-likeness (QED) is 0.916. The van der Waals surface area contributed by atoms with Crippen molar-refractivity contribution in [2.45, 2.75) is 39.7 Å². The Balaban J connectivity index is 2.15. The number of hydrogen-bond donors (Lipinski definition) is 1. The molecule has 0 fully saturated rings. The maximum Gasteiger partial charge on any atom is 0.129 e. The van der Waals surface area contributed by atoms with Crippen LogP contribution in [-0.2, 0) is 12.0 Å². The van der Waals surface area contributed by atoms with Crippen molar-refractivity contribution in [1.29, 1.82) is 5.26 Å². The molecule has 0 saturated heterocycles. The van der Waals surface area contributed by atoms with E-state index in [4.69, 9.17) is 5.26 Å². The first kappa shape index (κ1) is 15.5. The monoisotopic (exact) mass is 303 g/mol. The Bertz CT molecular complexity index is 693. The summed E-state index contributed by atoms with van der Waals surface area (Å²) in [5, 5.41) is 13.2. The van der Waals surface area contributed by atoms with E-state index in [-0.39, 0.29) is 11.2 Å². The van der Waals surface area contributed by atoms with Crippen molar-refractivity contribution in [1.82, 2.24) is 4.98 Å². The van der Waals surface area contributed by atoms with Crippen LogP contribution in [0, 0.1) is 24.1 Å². The first-order valence-corrected chi connectivity index (χ1v) is 7.52. The van der Waals surface area contributed by atoms with E-state index in [0.717, 1.165) is 9.88 Å². The summed E-state index contributed by atoms with van der Waals surface area (Å²) >= 11 is 1.65. The number of halogens is 1. The Morgan fingerprint density at radius 3 is 2.67 bits per heavy atom. The number of nitrogens with one attached hydrogen (secondary N) is 1. The highest BCUT2D eigenvalue weighted by atomic mass is 32.1. The molecule has 2 rings (SSSR count). The molecule has 0 aliphatic rings. The molecule has 0 atom stereocenters. The molecule has 3 nitrogen and oxygen atoms in total. The van der Waals surface area contributed by atoms with Gasteiger partial charge in [-0.2, -0.15) is 5.26 Å². The first-order valence-electron chi connectivity index (χ1n) is 6.70. The number of aromatic nitrogens is 1. The third kappa shape index (κ3) is 3.59. The van der Waals surface area contributed by atoms with Crippen LogP contribution in [0.2, 0.25) is 0 Å². The van der Waals surface area contributed by atoms with Gasteiger partial charge < -0.3 is 5.32 Å². The highest BCUT2D eigenvalue weighted by molar-refractivity contribution is 7.11. The number of anilines is 1. The summed E-state index contributed by atoms with van der Waals surface area (Å²) in [6, 6.07) is 4.89. The van der Waals surface area contributed by atoms with Gasteiger partial charge in [0, 0.05) is 27.7 Å². The molecule has 2 aromatic rings. The molecule has 0 amide bonds. The Labute approximate surface area is 128 Å². The van der Waals surface area contributed by atoms with Gasteiger partial charge in [-0.05, 0) is 19.1 Å². The summed E-state index contributed by atoms with van der Waals surface area (Å²) in [4.78, 5) is 5.51. The van der Waals surface area contributed by atoms with Crippen molar-refractivity contribution in [3.8, 4) is 6.07 Å². The Morgan fingerprint density at radius 2 is 2.10 bits per heavy atom. The molecule has 0 saturated carbocycles. The fourth-order valence-electron chi connectivity index (χ4n) is 1.85. The van der Waals surface area contributed by atoms with Gasteiger partial charge in [0.2, 0.25) is 0 Å². The topological polar surface area (TPSA) is 48.7 Å². The molecule has 1 N–H and O–H groups in total. The lowest BCUT2D eigenvalue weighted by Crippen LogP contribution is -2.09. The van der Waals surface area contributed by atoms with E-state index in [0.29, 0.717) is 23.4 Å². The maximum atomic E-state index is 13.7. The van der Waals surface area contributed by atoms with Crippen molar-refractivity contribution >= 4 is 17.0 Å². The Hall–Kier alpha value is -1.93. The molecule has 0 bridgehead atoms. The second kappa shape index (κ2) is 5.82. The maximum absolute atomic E-state index is 13.7. The van der Waals surface area contributed by atoms with Crippen molar-refractivity contribution in [3.05, 3.63) is 45.2 Å². The average Bonchev–Trinajstić information content (AvgIpc) is 2.89. The molecule has 21 heavy (non-hydrogen) atoms. The zero-order valence-electron chi connectivity index (χ0n) is 12.6. The lowest BCUT2D eigenvalue weighted by Gasteiger charge is -2.13. The van der Waals surface area contributed by atoms with Gasteiger partial charge in [0.1, 0.15) is 5.82 Å². The van der Waals surface area contributed by atoms with Crippen LogP contribution in [0.15, 0.2) is 18.3 Å². The van der Waals surface area contributed by atoms with E-state index in [1.807, 2.05) is 12.3 Å². The molecular formula is C16H18FN3S. The van der Waals surface area contributed by atoms with Crippen LogP contribution >= 0.6 is 11.3 Å². The van der Waals surface area contributed by atoms with E-state index in [9.17, 15) is 4.39 Å². The largest absolute Gasteiger partial charge is 0.380 e. The molecule has 110 valence electrons. The van der Waals surface area contributed by atoms with Crippen LogP contribution in [0.3, 0.4) is 0 Å². The number of hydrogen-bond acceptors (Lipinski definition) is 4. The predicted molar refractivity (Wildman–Crippen MR) is 84.0 cm³/mol. The second-order valence-corrected chi connectivity index (χ2v) is 7.09. The van der Waals surface area contributed by atoms with Gasteiger partial charge in [-0.3, -0.25) is 0 Å². The molecule has 0 aliphatic carbocycles. The molecule has 5 heteroatoms. The van der Waals surface area contributed by atoms with Gasteiger partial charge in [-0.1, -0.05) is 20.8 Å². The highest BCUT2D eigenvalue weighted by Crippen LogP contribution is 2.28. The van der Waals surface area contributed by atoms with Gasteiger partial charge in [-0.15, -0.1) is 11.3 Å². The Kier molecular flexibility index (Phi) is 4.29. The molecular weight excluding hydrogens is 285 g/mol. The number of rotatable bonds is 3. The van der Waals surface area contributed by atoms with Gasteiger partial charge in [0.15, 0.2) is 0 Å². The number of nitriles is 1. The van der Waals surface area contributed by atoms with Gasteiger partial charge in [0.25, 0.3) is 0 Å². The van der Waals surface area contributed by atoms with Crippen molar-refractivity contribution < 1.29 is 4.39 Å². The standard InChI is InChI=1S/C16H18FN3S/c1-10-13(17)5-11(7-18)6-14(10)19-8-12-9-20-15(21-12)16(2,3)4/h5-6,9,19H,8H2,1-4H3. The lowest BCUT2D eigenvalue weighted by molar-refractivity contribution is 0.585. The summed E-state index contributed by atoms with van der Waals surface area (Å²) in [6.07, 6.45) is 1.85. The zero-order valence-corrected chi connectivity index (χ0v) is 13.4. The smallest absolute Gasteiger partial charge is 0.129 e. The van der Waals surface area contributed by atoms with Gasteiger partial charge >= 0.3 is 0 Å². The fourth-order valence-corrected chi connectivity index (χ4v) is 2.76.